The van der Waals surface area contributed by atoms with Gasteiger partial charge in [0.1, 0.15) is 0 Å². The van der Waals surface area contributed by atoms with Crippen LogP contribution in [0.15, 0.2) is 0 Å². The highest BCUT2D eigenvalue weighted by atomic mass is 31.1. The van der Waals surface area contributed by atoms with E-state index < -0.39 is 0 Å². The molecule has 1 N–H and O–H groups in total. The van der Waals surface area contributed by atoms with Gasteiger partial charge < -0.3 is 5.32 Å². The zero-order chi connectivity index (χ0) is 13.6. The van der Waals surface area contributed by atoms with Gasteiger partial charge in [-0.15, -0.1) is 0 Å². The Morgan fingerprint density at radius 3 is 1.45 bits per heavy atom. The fourth-order valence-electron chi connectivity index (χ4n) is 4.49. The SMILES string of the molecule is C1CCC(P2CCCP(C3CCCCC3)CNC2)CC1. The maximum absolute atomic E-state index is 3.94. The molecule has 116 valence electrons. The van der Waals surface area contributed by atoms with Crippen LogP contribution < -0.4 is 5.32 Å². The van der Waals surface area contributed by atoms with Crippen LogP contribution in [0.5, 0.6) is 0 Å². The third-order valence-electron chi connectivity index (χ3n) is 5.70. The lowest BCUT2D eigenvalue weighted by Crippen LogP contribution is -2.27. The van der Waals surface area contributed by atoms with Crippen molar-refractivity contribution in [3.8, 4) is 0 Å². The second-order valence-electron chi connectivity index (χ2n) is 7.13. The first kappa shape index (κ1) is 15.7. The van der Waals surface area contributed by atoms with E-state index in [0.29, 0.717) is 15.8 Å². The van der Waals surface area contributed by atoms with Crippen LogP contribution in [0.3, 0.4) is 0 Å². The Labute approximate surface area is 128 Å². The minimum absolute atomic E-state index is 0.329. The summed E-state index contributed by atoms with van der Waals surface area (Å²) < 4.78 is 0. The van der Waals surface area contributed by atoms with Gasteiger partial charge in [0.15, 0.2) is 0 Å². The molecule has 3 aliphatic rings. The molecule has 1 heterocycles. The van der Waals surface area contributed by atoms with Crippen LogP contribution in [0, 0.1) is 0 Å². The van der Waals surface area contributed by atoms with Gasteiger partial charge in [0, 0.05) is 12.6 Å². The molecular formula is C17H33NP2. The Kier molecular flexibility index (Phi) is 6.64. The summed E-state index contributed by atoms with van der Waals surface area (Å²) in [6, 6.07) is 0. The highest BCUT2D eigenvalue weighted by Crippen LogP contribution is 2.53. The van der Waals surface area contributed by atoms with Gasteiger partial charge in [-0.1, -0.05) is 54.4 Å². The molecule has 0 amide bonds. The van der Waals surface area contributed by atoms with E-state index in [9.17, 15) is 0 Å². The maximum Gasteiger partial charge on any atom is 0.0161 e. The topological polar surface area (TPSA) is 12.0 Å². The second-order valence-corrected chi connectivity index (χ2v) is 12.5. The van der Waals surface area contributed by atoms with Gasteiger partial charge in [-0.3, -0.25) is 0 Å². The van der Waals surface area contributed by atoms with Crippen molar-refractivity contribution in [3.63, 3.8) is 0 Å². The Balaban J connectivity index is 1.45. The molecule has 2 atom stereocenters. The quantitative estimate of drug-likeness (QED) is 0.661. The summed E-state index contributed by atoms with van der Waals surface area (Å²) in [6.07, 6.45) is 23.0. The van der Waals surface area contributed by atoms with E-state index in [2.05, 4.69) is 5.32 Å². The monoisotopic (exact) mass is 313 g/mol. The van der Waals surface area contributed by atoms with Crippen molar-refractivity contribution in [1.82, 2.24) is 5.32 Å². The van der Waals surface area contributed by atoms with Crippen molar-refractivity contribution in [2.75, 3.05) is 24.9 Å². The van der Waals surface area contributed by atoms with Gasteiger partial charge in [0.05, 0.1) is 0 Å². The van der Waals surface area contributed by atoms with Gasteiger partial charge in [-0.2, -0.15) is 0 Å². The van der Waals surface area contributed by atoms with E-state index >= 15 is 0 Å². The fraction of sp³-hybridized carbons (Fsp3) is 1.00. The van der Waals surface area contributed by atoms with Crippen molar-refractivity contribution in [1.29, 1.82) is 0 Å². The average molecular weight is 313 g/mol. The van der Waals surface area contributed by atoms with E-state index in [0.717, 1.165) is 11.3 Å². The average Bonchev–Trinajstić information content (AvgIpc) is 2.49. The molecule has 0 spiro atoms. The fourth-order valence-corrected chi connectivity index (χ4v) is 10.6. The van der Waals surface area contributed by atoms with Crippen LogP contribution in [0.1, 0.15) is 70.6 Å². The number of rotatable bonds is 2. The standard InChI is InChI=1S/C17H33NP2/c1-3-8-16(9-4-1)19-12-7-13-20(15-18-14-19)17-10-5-2-6-11-17/h16-18H,1-15H2. The van der Waals surface area contributed by atoms with E-state index in [-0.39, 0.29) is 0 Å². The van der Waals surface area contributed by atoms with E-state index in [4.69, 9.17) is 0 Å². The number of nitrogens with one attached hydrogen (secondary N) is 1. The van der Waals surface area contributed by atoms with Crippen molar-refractivity contribution in [2.24, 2.45) is 0 Å². The molecule has 0 aromatic carbocycles. The zero-order valence-electron chi connectivity index (χ0n) is 13.2. The first-order valence-electron chi connectivity index (χ1n) is 9.12. The minimum atomic E-state index is 0.329. The van der Waals surface area contributed by atoms with E-state index in [1.165, 1.54) is 51.1 Å². The zero-order valence-corrected chi connectivity index (χ0v) is 14.9. The van der Waals surface area contributed by atoms with Crippen LogP contribution in [0.25, 0.3) is 0 Å². The molecule has 20 heavy (non-hydrogen) atoms. The lowest BCUT2D eigenvalue weighted by atomic mass is 10.0. The molecule has 2 saturated carbocycles. The number of hydrogen-bond acceptors (Lipinski definition) is 1. The second kappa shape index (κ2) is 8.45. The third kappa shape index (κ3) is 4.41. The van der Waals surface area contributed by atoms with Crippen LogP contribution in [0.2, 0.25) is 0 Å². The summed E-state index contributed by atoms with van der Waals surface area (Å²) in [7, 11) is 0.658. The van der Waals surface area contributed by atoms with Crippen LogP contribution in [-0.4, -0.2) is 36.2 Å². The van der Waals surface area contributed by atoms with Crippen LogP contribution in [0.4, 0.5) is 0 Å². The Morgan fingerprint density at radius 2 is 1.00 bits per heavy atom. The molecule has 3 fully saturated rings. The smallest absolute Gasteiger partial charge is 0.0161 e. The Hall–Kier alpha value is 0.820. The predicted molar refractivity (Wildman–Crippen MR) is 94.8 cm³/mol. The summed E-state index contributed by atoms with van der Waals surface area (Å²) in [5.41, 5.74) is 2.26. The van der Waals surface area contributed by atoms with E-state index in [1.807, 2.05) is 0 Å². The molecule has 0 aromatic heterocycles. The molecule has 0 aromatic rings. The summed E-state index contributed by atoms with van der Waals surface area (Å²) in [5.74, 6) is 0. The van der Waals surface area contributed by atoms with Gasteiger partial charge in [-0.05, 0) is 55.7 Å². The van der Waals surface area contributed by atoms with Crippen molar-refractivity contribution in [3.05, 3.63) is 0 Å². The Bertz CT molecular complexity index is 236. The normalized spacial score (nSPS) is 35.4. The number of hydrogen-bond donors (Lipinski definition) is 1. The molecule has 1 aliphatic heterocycles. The molecule has 1 nitrogen and oxygen atoms in total. The first-order chi connectivity index (χ1) is 9.93. The van der Waals surface area contributed by atoms with E-state index in [1.54, 1.807) is 44.4 Å². The summed E-state index contributed by atoms with van der Waals surface area (Å²) in [6.45, 7) is 0. The summed E-state index contributed by atoms with van der Waals surface area (Å²) in [5, 5.41) is 3.94. The molecule has 2 unspecified atom stereocenters. The first-order valence-corrected chi connectivity index (χ1v) is 12.7. The largest absolute Gasteiger partial charge is 0.309 e. The van der Waals surface area contributed by atoms with Crippen LogP contribution in [-0.2, 0) is 0 Å². The highest BCUT2D eigenvalue weighted by molar-refractivity contribution is 7.60. The molecule has 0 bridgehead atoms. The van der Waals surface area contributed by atoms with Crippen LogP contribution >= 0.6 is 15.8 Å². The van der Waals surface area contributed by atoms with Crippen molar-refractivity contribution in [2.45, 2.75) is 81.9 Å². The Morgan fingerprint density at radius 1 is 0.550 bits per heavy atom. The minimum Gasteiger partial charge on any atom is -0.309 e. The molecule has 1 saturated heterocycles. The van der Waals surface area contributed by atoms with Gasteiger partial charge in [0.2, 0.25) is 0 Å². The molecular weight excluding hydrogens is 280 g/mol. The van der Waals surface area contributed by atoms with Gasteiger partial charge in [-0.25, -0.2) is 0 Å². The molecule has 3 heteroatoms. The van der Waals surface area contributed by atoms with Gasteiger partial charge >= 0.3 is 0 Å². The molecule has 0 radical (unpaired) electrons. The summed E-state index contributed by atoms with van der Waals surface area (Å²) in [4.78, 5) is 0. The van der Waals surface area contributed by atoms with Gasteiger partial charge in [0.25, 0.3) is 0 Å². The lowest BCUT2D eigenvalue weighted by Gasteiger charge is -2.37. The van der Waals surface area contributed by atoms with Crippen molar-refractivity contribution < 1.29 is 0 Å². The predicted octanol–water partition coefficient (Wildman–Crippen LogP) is 5.52. The van der Waals surface area contributed by atoms with Crippen molar-refractivity contribution >= 4 is 15.8 Å². The highest BCUT2D eigenvalue weighted by Gasteiger charge is 2.27. The maximum atomic E-state index is 3.94. The summed E-state index contributed by atoms with van der Waals surface area (Å²) >= 11 is 0. The third-order valence-corrected chi connectivity index (χ3v) is 11.8. The molecule has 2 aliphatic carbocycles. The lowest BCUT2D eigenvalue weighted by molar-refractivity contribution is 0.506. The molecule has 3 rings (SSSR count).